The molecule has 4 nitrogen and oxygen atoms in total. The summed E-state index contributed by atoms with van der Waals surface area (Å²) in [6.07, 6.45) is -3.60. The first kappa shape index (κ1) is 14.9. The van der Waals surface area contributed by atoms with Crippen LogP contribution in [-0.4, -0.2) is 15.7 Å². The van der Waals surface area contributed by atoms with Gasteiger partial charge in [-0.2, -0.15) is 18.3 Å². The summed E-state index contributed by atoms with van der Waals surface area (Å²) in [6.45, 7) is -0.491. The number of rotatable bonds is 3. The molecule has 1 N–H and O–H groups in total. The van der Waals surface area contributed by atoms with Crippen molar-refractivity contribution in [1.82, 2.24) is 9.78 Å². The summed E-state index contributed by atoms with van der Waals surface area (Å²) in [5, 5.41) is 5.41. The molecule has 0 spiro atoms. The lowest BCUT2D eigenvalue weighted by atomic mass is 10.3. The van der Waals surface area contributed by atoms with Crippen molar-refractivity contribution in [3.63, 3.8) is 0 Å². The van der Waals surface area contributed by atoms with Gasteiger partial charge < -0.3 is 5.32 Å². The highest BCUT2D eigenvalue weighted by atomic mass is 19.4. The van der Waals surface area contributed by atoms with Crippen LogP contribution in [0.15, 0.2) is 30.5 Å². The Morgan fingerprint density at radius 1 is 1.19 bits per heavy atom. The van der Waals surface area contributed by atoms with Crippen LogP contribution in [0.1, 0.15) is 5.69 Å². The van der Waals surface area contributed by atoms with Crippen molar-refractivity contribution >= 4 is 11.6 Å². The van der Waals surface area contributed by atoms with Gasteiger partial charge in [0.1, 0.15) is 6.54 Å². The van der Waals surface area contributed by atoms with E-state index in [2.05, 4.69) is 10.4 Å². The fourth-order valence-electron chi connectivity index (χ4n) is 1.52. The van der Waals surface area contributed by atoms with Crippen LogP contribution in [0.4, 0.5) is 27.6 Å². The van der Waals surface area contributed by atoms with Gasteiger partial charge >= 0.3 is 6.18 Å². The molecule has 0 aliphatic heterocycles. The molecule has 112 valence electrons. The molecule has 0 saturated heterocycles. The number of aromatic nitrogens is 2. The Morgan fingerprint density at radius 3 is 2.48 bits per heavy atom. The van der Waals surface area contributed by atoms with E-state index in [0.717, 1.165) is 35.1 Å². The Balaban J connectivity index is 2.01. The van der Waals surface area contributed by atoms with Gasteiger partial charge in [0.05, 0.1) is 0 Å². The second-order valence-electron chi connectivity index (χ2n) is 4.07. The number of benzene rings is 1. The summed E-state index contributed by atoms with van der Waals surface area (Å²) in [7, 11) is 0. The highest BCUT2D eigenvalue weighted by Crippen LogP contribution is 2.27. The van der Waals surface area contributed by atoms with E-state index in [0.29, 0.717) is 0 Å². The smallest absolute Gasteiger partial charge is 0.324 e. The fraction of sp³-hybridized carbons (Fsp3) is 0.167. The summed E-state index contributed by atoms with van der Waals surface area (Å²) in [5.74, 6) is -2.95. The third-order valence-electron chi connectivity index (χ3n) is 2.44. The second-order valence-corrected chi connectivity index (χ2v) is 4.07. The van der Waals surface area contributed by atoms with Crippen LogP contribution < -0.4 is 5.32 Å². The minimum Gasteiger partial charge on any atom is -0.324 e. The maximum Gasteiger partial charge on any atom is 0.435 e. The topological polar surface area (TPSA) is 46.9 Å². The second kappa shape index (κ2) is 5.51. The molecule has 0 radical (unpaired) electrons. The van der Waals surface area contributed by atoms with E-state index in [1.54, 1.807) is 0 Å². The zero-order valence-corrected chi connectivity index (χ0v) is 10.3. The molecule has 21 heavy (non-hydrogen) atoms. The molecular formula is C12H8F5N3O. The molecule has 2 rings (SSSR count). The molecule has 2 aromatic rings. The van der Waals surface area contributed by atoms with Gasteiger partial charge in [-0.05, 0) is 18.2 Å². The Kier molecular flexibility index (Phi) is 3.92. The fourth-order valence-corrected chi connectivity index (χ4v) is 1.52. The van der Waals surface area contributed by atoms with E-state index in [-0.39, 0.29) is 5.69 Å². The van der Waals surface area contributed by atoms with Crippen molar-refractivity contribution in [2.45, 2.75) is 12.7 Å². The van der Waals surface area contributed by atoms with Crippen molar-refractivity contribution in [2.75, 3.05) is 5.32 Å². The summed E-state index contributed by atoms with van der Waals surface area (Å²) in [5.41, 5.74) is -1.13. The molecule has 0 bridgehead atoms. The normalized spacial score (nSPS) is 11.5. The zero-order chi connectivity index (χ0) is 15.6. The summed E-state index contributed by atoms with van der Waals surface area (Å²) >= 11 is 0. The molecule has 1 amide bonds. The summed E-state index contributed by atoms with van der Waals surface area (Å²) < 4.78 is 63.3. The van der Waals surface area contributed by atoms with Crippen LogP contribution in [0.5, 0.6) is 0 Å². The van der Waals surface area contributed by atoms with Gasteiger partial charge in [-0.15, -0.1) is 0 Å². The molecule has 0 atom stereocenters. The van der Waals surface area contributed by atoms with Crippen molar-refractivity contribution < 1.29 is 26.7 Å². The average Bonchev–Trinajstić information content (AvgIpc) is 2.82. The SMILES string of the molecule is O=C(Cn1ccc(C(F)(F)F)n1)Nc1ccc(F)c(F)c1. The van der Waals surface area contributed by atoms with E-state index in [1.165, 1.54) is 0 Å². The van der Waals surface area contributed by atoms with Gasteiger partial charge in [-0.1, -0.05) is 0 Å². The number of hydrogen-bond donors (Lipinski definition) is 1. The third-order valence-corrected chi connectivity index (χ3v) is 2.44. The lowest BCUT2D eigenvalue weighted by molar-refractivity contribution is -0.141. The van der Waals surface area contributed by atoms with Crippen LogP contribution in [0.3, 0.4) is 0 Å². The predicted molar refractivity (Wildman–Crippen MR) is 62.2 cm³/mol. The summed E-state index contributed by atoms with van der Waals surface area (Å²) in [4.78, 5) is 11.6. The molecule has 9 heteroatoms. The zero-order valence-electron chi connectivity index (χ0n) is 10.3. The lowest BCUT2D eigenvalue weighted by Crippen LogP contribution is -2.20. The quantitative estimate of drug-likeness (QED) is 0.886. The van der Waals surface area contributed by atoms with Crippen molar-refractivity contribution in [2.24, 2.45) is 0 Å². The maximum atomic E-state index is 12.9. The molecule has 1 heterocycles. The Morgan fingerprint density at radius 2 is 1.90 bits per heavy atom. The first-order valence-electron chi connectivity index (χ1n) is 5.61. The largest absolute Gasteiger partial charge is 0.435 e. The average molecular weight is 305 g/mol. The number of nitrogens with one attached hydrogen (secondary N) is 1. The number of carbonyl (C=O) groups is 1. The van der Waals surface area contributed by atoms with E-state index in [1.807, 2.05) is 0 Å². The molecule has 1 aromatic carbocycles. The Hall–Kier alpha value is -2.45. The lowest BCUT2D eigenvalue weighted by Gasteiger charge is -2.06. The maximum absolute atomic E-state index is 12.9. The van der Waals surface area contributed by atoms with E-state index in [9.17, 15) is 26.7 Å². The monoisotopic (exact) mass is 305 g/mol. The van der Waals surface area contributed by atoms with Gasteiger partial charge in [-0.3, -0.25) is 9.48 Å². The minimum absolute atomic E-state index is 0.0119. The molecule has 0 aliphatic carbocycles. The predicted octanol–water partition coefficient (Wildman–Crippen LogP) is 2.82. The van der Waals surface area contributed by atoms with Crippen molar-refractivity contribution in [3.05, 3.63) is 47.8 Å². The van der Waals surface area contributed by atoms with E-state index in [4.69, 9.17) is 0 Å². The van der Waals surface area contributed by atoms with Crippen molar-refractivity contribution in [3.8, 4) is 0 Å². The number of amides is 1. The molecule has 1 aromatic heterocycles. The summed E-state index contributed by atoms with van der Waals surface area (Å²) in [6, 6.07) is 3.43. The van der Waals surface area contributed by atoms with E-state index >= 15 is 0 Å². The van der Waals surface area contributed by atoms with Crippen LogP contribution in [0.2, 0.25) is 0 Å². The van der Waals surface area contributed by atoms with E-state index < -0.39 is 36.0 Å². The molecular weight excluding hydrogens is 297 g/mol. The molecule has 0 fully saturated rings. The third kappa shape index (κ3) is 3.77. The Bertz CT molecular complexity index is 665. The number of halogens is 5. The number of nitrogens with zero attached hydrogens (tertiary/aromatic N) is 2. The number of anilines is 1. The van der Waals surface area contributed by atoms with Gasteiger partial charge in [0.25, 0.3) is 0 Å². The van der Waals surface area contributed by atoms with Gasteiger partial charge in [0.2, 0.25) is 5.91 Å². The van der Waals surface area contributed by atoms with Crippen LogP contribution in [0.25, 0.3) is 0 Å². The van der Waals surface area contributed by atoms with Crippen LogP contribution in [0, 0.1) is 11.6 Å². The number of hydrogen-bond acceptors (Lipinski definition) is 2. The first-order chi connectivity index (χ1) is 9.75. The molecule has 0 aliphatic rings. The molecule has 0 saturated carbocycles. The standard InChI is InChI=1S/C12H8F5N3O/c13-8-2-1-7(5-9(8)14)18-11(21)6-20-4-3-10(19-20)12(15,16)17/h1-5H,6H2,(H,18,21). The highest BCUT2D eigenvalue weighted by Gasteiger charge is 2.33. The Labute approximate surface area is 115 Å². The van der Waals surface area contributed by atoms with Gasteiger partial charge in [-0.25, -0.2) is 8.78 Å². The van der Waals surface area contributed by atoms with Crippen LogP contribution in [-0.2, 0) is 17.5 Å². The van der Waals surface area contributed by atoms with Crippen molar-refractivity contribution in [1.29, 1.82) is 0 Å². The van der Waals surface area contributed by atoms with Gasteiger partial charge in [0, 0.05) is 18.0 Å². The van der Waals surface area contributed by atoms with Crippen LogP contribution >= 0.6 is 0 Å². The van der Waals surface area contributed by atoms with Gasteiger partial charge in [0.15, 0.2) is 17.3 Å². The molecule has 0 unspecified atom stereocenters. The number of alkyl halides is 3. The number of carbonyl (C=O) groups excluding carboxylic acids is 1. The highest BCUT2D eigenvalue weighted by molar-refractivity contribution is 5.90. The first-order valence-corrected chi connectivity index (χ1v) is 5.61. The minimum atomic E-state index is -4.60.